The number of imidazole rings is 1. The summed E-state index contributed by atoms with van der Waals surface area (Å²) in [6.07, 6.45) is 9.17. The predicted molar refractivity (Wildman–Crippen MR) is 73.4 cm³/mol. The number of hydrogen-bond acceptors (Lipinski definition) is 4. The lowest BCUT2D eigenvalue weighted by Gasteiger charge is -2.30. The van der Waals surface area contributed by atoms with Gasteiger partial charge >= 0.3 is 0 Å². The molecular weight excluding hydrogens is 254 g/mol. The zero-order valence-corrected chi connectivity index (χ0v) is 11.2. The number of carbonyl (C=O) groups excluding carboxylic acids is 1. The van der Waals surface area contributed by atoms with Gasteiger partial charge in [0.05, 0.1) is 24.2 Å². The summed E-state index contributed by atoms with van der Waals surface area (Å²) in [5.41, 5.74) is 1.34. The van der Waals surface area contributed by atoms with E-state index in [9.17, 15) is 4.79 Å². The van der Waals surface area contributed by atoms with Crippen LogP contribution in [0.5, 0.6) is 0 Å². The van der Waals surface area contributed by atoms with Crippen molar-refractivity contribution in [2.75, 3.05) is 19.6 Å². The predicted octanol–water partition coefficient (Wildman–Crippen LogP) is 0.553. The van der Waals surface area contributed by atoms with E-state index in [1.165, 1.54) is 19.5 Å². The van der Waals surface area contributed by atoms with Crippen molar-refractivity contribution in [3.05, 3.63) is 30.6 Å². The van der Waals surface area contributed by atoms with Gasteiger partial charge in [-0.15, -0.1) is 0 Å². The molecule has 0 radical (unpaired) electrons. The molecule has 6 heteroatoms. The number of rotatable bonds is 2. The monoisotopic (exact) mass is 271 g/mol. The first-order valence-electron chi connectivity index (χ1n) is 7.09. The van der Waals surface area contributed by atoms with Crippen molar-refractivity contribution in [2.24, 2.45) is 5.92 Å². The fourth-order valence-corrected chi connectivity index (χ4v) is 3.36. The molecule has 4 rings (SSSR count). The van der Waals surface area contributed by atoms with Gasteiger partial charge in [-0.3, -0.25) is 4.79 Å². The number of amides is 1. The Labute approximate surface area is 116 Å². The van der Waals surface area contributed by atoms with Crippen LogP contribution in [0.1, 0.15) is 23.3 Å². The topological polar surface area (TPSA) is 62.5 Å². The van der Waals surface area contributed by atoms with E-state index >= 15 is 0 Å². The SMILES string of the molecule is O=C(N[C@@H]1C[C@@H]2CCN(C2)C1)c1cn2cncc2cn1. The van der Waals surface area contributed by atoms with Gasteiger partial charge in [-0.1, -0.05) is 0 Å². The molecule has 104 valence electrons. The van der Waals surface area contributed by atoms with E-state index < -0.39 is 0 Å². The highest BCUT2D eigenvalue weighted by atomic mass is 16.2. The van der Waals surface area contributed by atoms with E-state index in [0.29, 0.717) is 5.69 Å². The fourth-order valence-electron chi connectivity index (χ4n) is 3.36. The van der Waals surface area contributed by atoms with Crippen LogP contribution in [-0.2, 0) is 0 Å². The molecular formula is C14H17N5O. The van der Waals surface area contributed by atoms with Crippen molar-refractivity contribution >= 4 is 11.4 Å². The summed E-state index contributed by atoms with van der Waals surface area (Å²) in [4.78, 5) is 23.0. The summed E-state index contributed by atoms with van der Waals surface area (Å²) in [6.45, 7) is 3.34. The second kappa shape index (κ2) is 4.56. The molecule has 3 atom stereocenters. The van der Waals surface area contributed by atoms with E-state index in [1.54, 1.807) is 24.9 Å². The third kappa shape index (κ3) is 2.06. The number of fused-ring (bicyclic) bond motifs is 3. The number of nitrogens with one attached hydrogen (secondary N) is 1. The normalized spacial score (nSPS) is 28.7. The van der Waals surface area contributed by atoms with Crippen LogP contribution < -0.4 is 5.32 Å². The van der Waals surface area contributed by atoms with Gasteiger partial charge in [-0.05, 0) is 25.3 Å². The standard InChI is InChI=1S/C14H17N5O/c20-14(13-8-19-9-15-4-12(19)5-16-13)17-11-3-10-1-2-18(6-10)7-11/h4-5,8-11H,1-3,6-7H2,(H,17,20)/t10-,11+/m0/s1. The molecule has 20 heavy (non-hydrogen) atoms. The quantitative estimate of drug-likeness (QED) is 0.866. The first-order valence-corrected chi connectivity index (χ1v) is 7.09. The Balaban J connectivity index is 1.49. The maximum atomic E-state index is 12.3. The number of hydrogen-bond donors (Lipinski definition) is 1. The Kier molecular flexibility index (Phi) is 2.70. The average molecular weight is 271 g/mol. The van der Waals surface area contributed by atoms with Gasteiger partial charge in [0.1, 0.15) is 5.69 Å². The highest BCUT2D eigenvalue weighted by molar-refractivity contribution is 5.92. The zero-order chi connectivity index (χ0) is 13.5. The first kappa shape index (κ1) is 11.8. The number of piperidine rings is 1. The molecule has 6 nitrogen and oxygen atoms in total. The highest BCUT2D eigenvalue weighted by Crippen LogP contribution is 2.26. The van der Waals surface area contributed by atoms with Gasteiger partial charge in [0, 0.05) is 25.3 Å². The van der Waals surface area contributed by atoms with E-state index in [2.05, 4.69) is 20.2 Å². The lowest BCUT2D eigenvalue weighted by atomic mass is 9.97. The van der Waals surface area contributed by atoms with Gasteiger partial charge in [-0.25, -0.2) is 9.97 Å². The second-order valence-electron chi connectivity index (χ2n) is 5.82. The van der Waals surface area contributed by atoms with Crippen LogP contribution in [0.2, 0.25) is 0 Å². The molecule has 2 aliphatic rings. The molecule has 0 saturated carbocycles. The highest BCUT2D eigenvalue weighted by Gasteiger charge is 2.33. The zero-order valence-electron chi connectivity index (χ0n) is 11.2. The van der Waals surface area contributed by atoms with Gasteiger partial charge in [0.2, 0.25) is 0 Å². The van der Waals surface area contributed by atoms with E-state index in [4.69, 9.17) is 0 Å². The lowest BCUT2D eigenvalue weighted by Crippen LogP contribution is -2.47. The third-order valence-corrected chi connectivity index (χ3v) is 4.33. The van der Waals surface area contributed by atoms with Crippen molar-refractivity contribution in [2.45, 2.75) is 18.9 Å². The summed E-state index contributed by atoms with van der Waals surface area (Å²) in [5, 5.41) is 3.12. The Morgan fingerprint density at radius 2 is 2.30 bits per heavy atom. The molecule has 2 aromatic rings. The molecule has 1 amide bonds. The summed E-state index contributed by atoms with van der Waals surface area (Å²) in [5.74, 6) is 0.659. The minimum Gasteiger partial charge on any atom is -0.347 e. The van der Waals surface area contributed by atoms with Crippen LogP contribution >= 0.6 is 0 Å². The van der Waals surface area contributed by atoms with Crippen LogP contribution in [0.4, 0.5) is 0 Å². The lowest BCUT2D eigenvalue weighted by molar-refractivity contribution is 0.0904. The van der Waals surface area contributed by atoms with Crippen LogP contribution in [0.15, 0.2) is 24.9 Å². The first-order chi connectivity index (χ1) is 9.78. The molecule has 1 unspecified atom stereocenters. The van der Waals surface area contributed by atoms with E-state index in [-0.39, 0.29) is 11.9 Å². The second-order valence-corrected chi connectivity index (χ2v) is 5.82. The van der Waals surface area contributed by atoms with Gasteiger partial charge in [0.15, 0.2) is 0 Å². The molecule has 2 aliphatic heterocycles. The number of nitrogens with zero attached hydrogens (tertiary/aromatic N) is 4. The molecule has 0 aliphatic carbocycles. The van der Waals surface area contributed by atoms with Crippen molar-refractivity contribution < 1.29 is 4.79 Å². The maximum Gasteiger partial charge on any atom is 0.271 e. The average Bonchev–Trinajstić information content (AvgIpc) is 3.04. The minimum absolute atomic E-state index is 0.0897. The van der Waals surface area contributed by atoms with Crippen molar-refractivity contribution in [3.63, 3.8) is 0 Å². The summed E-state index contributed by atoms with van der Waals surface area (Å²) < 4.78 is 1.82. The van der Waals surface area contributed by atoms with Crippen molar-refractivity contribution in [1.82, 2.24) is 24.6 Å². The smallest absolute Gasteiger partial charge is 0.271 e. The van der Waals surface area contributed by atoms with Crippen LogP contribution in [0, 0.1) is 5.92 Å². The summed E-state index contributed by atoms with van der Waals surface area (Å²) in [6, 6.07) is 0.254. The Morgan fingerprint density at radius 1 is 1.35 bits per heavy atom. The molecule has 2 saturated heterocycles. The van der Waals surface area contributed by atoms with Crippen LogP contribution in [0.25, 0.3) is 5.52 Å². The van der Waals surface area contributed by atoms with E-state index in [0.717, 1.165) is 24.4 Å². The molecule has 0 aromatic carbocycles. The minimum atomic E-state index is -0.0897. The van der Waals surface area contributed by atoms with Gasteiger partial charge in [-0.2, -0.15) is 0 Å². The van der Waals surface area contributed by atoms with Gasteiger partial charge in [0.25, 0.3) is 5.91 Å². The third-order valence-electron chi connectivity index (χ3n) is 4.33. The molecule has 2 fully saturated rings. The molecule has 4 heterocycles. The number of carbonyl (C=O) groups is 1. The molecule has 2 bridgehead atoms. The Morgan fingerprint density at radius 3 is 3.20 bits per heavy atom. The molecule has 1 N–H and O–H groups in total. The van der Waals surface area contributed by atoms with Crippen LogP contribution in [0.3, 0.4) is 0 Å². The summed E-state index contributed by atoms with van der Waals surface area (Å²) in [7, 11) is 0. The van der Waals surface area contributed by atoms with E-state index in [1.807, 2.05) is 4.40 Å². The summed E-state index contributed by atoms with van der Waals surface area (Å²) >= 11 is 0. The Bertz CT molecular complexity index is 640. The van der Waals surface area contributed by atoms with Gasteiger partial charge < -0.3 is 14.6 Å². The van der Waals surface area contributed by atoms with Crippen molar-refractivity contribution in [1.29, 1.82) is 0 Å². The fraction of sp³-hybridized carbons (Fsp3) is 0.500. The maximum absolute atomic E-state index is 12.3. The molecule has 2 aromatic heterocycles. The largest absolute Gasteiger partial charge is 0.347 e. The van der Waals surface area contributed by atoms with Crippen molar-refractivity contribution in [3.8, 4) is 0 Å². The Hall–Kier alpha value is -1.95. The van der Waals surface area contributed by atoms with Crippen LogP contribution in [-0.4, -0.2) is 50.9 Å². The number of aromatic nitrogens is 3. The molecule has 0 spiro atoms.